The lowest BCUT2D eigenvalue weighted by Crippen LogP contribution is -2.12. The summed E-state index contributed by atoms with van der Waals surface area (Å²) < 4.78 is 5.17. The summed E-state index contributed by atoms with van der Waals surface area (Å²) in [7, 11) is 0. The molecule has 0 unspecified atom stereocenters. The maximum atomic E-state index is 5.51. The zero-order valence-electron chi connectivity index (χ0n) is 7.56. The number of nitrogen functional groups attached to an aromatic ring is 1. The summed E-state index contributed by atoms with van der Waals surface area (Å²) in [6.07, 6.45) is 1.66. The number of anilines is 1. The van der Waals surface area contributed by atoms with Crippen LogP contribution >= 0.6 is 11.3 Å². The van der Waals surface area contributed by atoms with Gasteiger partial charge in [0, 0.05) is 11.9 Å². The topological polar surface area (TPSA) is 64.1 Å². The molecule has 3 N–H and O–H groups in total. The molecule has 0 aliphatic heterocycles. The van der Waals surface area contributed by atoms with Crippen LogP contribution in [-0.4, -0.2) is 4.98 Å². The molecular weight excluding hydrogens is 198 g/mol. The van der Waals surface area contributed by atoms with E-state index >= 15 is 0 Å². The molecule has 0 radical (unpaired) electrons. The summed E-state index contributed by atoms with van der Waals surface area (Å²) in [6, 6.07) is 3.81. The fourth-order valence-electron chi connectivity index (χ4n) is 1.13. The van der Waals surface area contributed by atoms with Gasteiger partial charge in [0.05, 0.1) is 18.5 Å². The highest BCUT2D eigenvalue weighted by Crippen LogP contribution is 2.10. The smallest absolute Gasteiger partial charge is 0.180 e. The highest BCUT2D eigenvalue weighted by atomic mass is 32.1. The molecule has 2 heterocycles. The Bertz CT molecular complexity index is 382. The van der Waals surface area contributed by atoms with Gasteiger partial charge in [-0.2, -0.15) is 0 Å². The van der Waals surface area contributed by atoms with Gasteiger partial charge in [-0.25, -0.2) is 4.98 Å². The van der Waals surface area contributed by atoms with E-state index < -0.39 is 0 Å². The van der Waals surface area contributed by atoms with Gasteiger partial charge >= 0.3 is 0 Å². The van der Waals surface area contributed by atoms with Crippen LogP contribution in [-0.2, 0) is 13.1 Å². The van der Waals surface area contributed by atoms with E-state index in [4.69, 9.17) is 10.2 Å². The number of rotatable bonds is 4. The second-order valence-corrected chi connectivity index (χ2v) is 3.75. The minimum Gasteiger partial charge on any atom is -0.468 e. The van der Waals surface area contributed by atoms with Gasteiger partial charge in [0.25, 0.3) is 0 Å². The average molecular weight is 209 g/mol. The van der Waals surface area contributed by atoms with Gasteiger partial charge in [0.15, 0.2) is 5.13 Å². The van der Waals surface area contributed by atoms with Crippen LogP contribution in [0.4, 0.5) is 5.13 Å². The van der Waals surface area contributed by atoms with Gasteiger partial charge in [-0.05, 0) is 12.1 Å². The van der Waals surface area contributed by atoms with Crippen LogP contribution in [0.25, 0.3) is 0 Å². The summed E-state index contributed by atoms with van der Waals surface area (Å²) in [5.41, 5.74) is 6.48. The van der Waals surface area contributed by atoms with Crippen molar-refractivity contribution in [1.82, 2.24) is 10.3 Å². The molecule has 0 saturated carbocycles. The Morgan fingerprint density at radius 3 is 3.07 bits per heavy atom. The minimum atomic E-state index is 0.611. The van der Waals surface area contributed by atoms with E-state index in [0.717, 1.165) is 11.5 Å². The van der Waals surface area contributed by atoms with E-state index in [1.807, 2.05) is 17.5 Å². The molecule has 0 amide bonds. The number of thiazole rings is 1. The lowest BCUT2D eigenvalue weighted by atomic mass is 10.4. The van der Waals surface area contributed by atoms with E-state index in [9.17, 15) is 0 Å². The number of hydrogen-bond donors (Lipinski definition) is 2. The Kier molecular flexibility index (Phi) is 2.81. The molecule has 0 aliphatic rings. The quantitative estimate of drug-likeness (QED) is 0.803. The molecule has 2 rings (SSSR count). The average Bonchev–Trinajstić information content (AvgIpc) is 2.77. The number of nitrogens with one attached hydrogen (secondary N) is 1. The number of nitrogens with zero attached hydrogens (tertiary/aromatic N) is 1. The highest BCUT2D eigenvalue weighted by molar-refractivity contribution is 7.13. The number of aromatic nitrogens is 1. The van der Waals surface area contributed by atoms with Gasteiger partial charge in [0.2, 0.25) is 0 Å². The maximum Gasteiger partial charge on any atom is 0.180 e. The summed E-state index contributed by atoms with van der Waals surface area (Å²) >= 11 is 1.46. The van der Waals surface area contributed by atoms with Crippen molar-refractivity contribution >= 4 is 16.5 Å². The Morgan fingerprint density at radius 2 is 2.43 bits per heavy atom. The predicted octanol–water partition coefficient (Wildman–Crippen LogP) is 1.61. The van der Waals surface area contributed by atoms with E-state index in [2.05, 4.69) is 10.3 Å². The maximum absolute atomic E-state index is 5.51. The van der Waals surface area contributed by atoms with E-state index in [1.54, 1.807) is 6.26 Å². The third-order valence-electron chi connectivity index (χ3n) is 1.75. The minimum absolute atomic E-state index is 0.611. The van der Waals surface area contributed by atoms with Crippen LogP contribution in [0.1, 0.15) is 11.5 Å². The fourth-order valence-corrected chi connectivity index (χ4v) is 1.69. The molecule has 0 fully saturated rings. The van der Waals surface area contributed by atoms with Crippen LogP contribution in [0.2, 0.25) is 0 Å². The standard InChI is InChI=1S/C9H11N3OS/c10-9-12-7(6-14-9)4-11-5-8-2-1-3-13-8/h1-3,6,11H,4-5H2,(H2,10,12). The number of nitrogens with two attached hydrogens (primary N) is 1. The van der Waals surface area contributed by atoms with Gasteiger partial charge < -0.3 is 15.5 Å². The van der Waals surface area contributed by atoms with Crippen molar-refractivity contribution in [2.75, 3.05) is 5.73 Å². The van der Waals surface area contributed by atoms with Crippen molar-refractivity contribution in [3.8, 4) is 0 Å². The third kappa shape index (κ3) is 2.34. The monoisotopic (exact) mass is 209 g/mol. The highest BCUT2D eigenvalue weighted by Gasteiger charge is 1.99. The first kappa shape index (κ1) is 9.23. The van der Waals surface area contributed by atoms with Crippen molar-refractivity contribution in [1.29, 1.82) is 0 Å². The summed E-state index contributed by atoms with van der Waals surface area (Å²) in [5.74, 6) is 0.924. The Labute approximate surface area is 85.8 Å². The molecule has 0 atom stereocenters. The zero-order chi connectivity index (χ0) is 9.80. The van der Waals surface area contributed by atoms with Crippen LogP contribution in [0.5, 0.6) is 0 Å². The van der Waals surface area contributed by atoms with E-state index in [-0.39, 0.29) is 0 Å². The second-order valence-electron chi connectivity index (χ2n) is 2.86. The fraction of sp³-hybridized carbons (Fsp3) is 0.222. The molecule has 14 heavy (non-hydrogen) atoms. The molecule has 74 valence electrons. The third-order valence-corrected chi connectivity index (χ3v) is 2.48. The lowest BCUT2D eigenvalue weighted by Gasteiger charge is -1.98. The van der Waals surface area contributed by atoms with Crippen molar-refractivity contribution in [2.45, 2.75) is 13.1 Å². The first-order valence-corrected chi connectivity index (χ1v) is 5.15. The summed E-state index contributed by atoms with van der Waals surface area (Å²) in [6.45, 7) is 1.43. The van der Waals surface area contributed by atoms with Crippen LogP contribution in [0.15, 0.2) is 28.2 Å². The van der Waals surface area contributed by atoms with Crippen LogP contribution < -0.4 is 11.1 Å². The first-order valence-electron chi connectivity index (χ1n) is 4.27. The Balaban J connectivity index is 1.78. The SMILES string of the molecule is Nc1nc(CNCc2ccco2)cs1. The molecule has 2 aromatic heterocycles. The Morgan fingerprint density at radius 1 is 1.50 bits per heavy atom. The molecule has 0 bridgehead atoms. The van der Waals surface area contributed by atoms with E-state index in [0.29, 0.717) is 18.2 Å². The molecular formula is C9H11N3OS. The molecule has 4 nitrogen and oxygen atoms in total. The van der Waals surface area contributed by atoms with Gasteiger partial charge in [-0.15, -0.1) is 11.3 Å². The van der Waals surface area contributed by atoms with Gasteiger partial charge in [-0.1, -0.05) is 0 Å². The largest absolute Gasteiger partial charge is 0.468 e. The van der Waals surface area contributed by atoms with E-state index in [1.165, 1.54) is 11.3 Å². The molecule has 0 aliphatic carbocycles. The molecule has 0 saturated heterocycles. The molecule has 5 heteroatoms. The zero-order valence-corrected chi connectivity index (χ0v) is 8.38. The van der Waals surface area contributed by atoms with Crippen molar-refractivity contribution in [3.63, 3.8) is 0 Å². The van der Waals surface area contributed by atoms with Crippen LogP contribution in [0, 0.1) is 0 Å². The Hall–Kier alpha value is -1.33. The molecule has 0 spiro atoms. The second kappa shape index (κ2) is 4.26. The van der Waals surface area contributed by atoms with Crippen molar-refractivity contribution in [2.24, 2.45) is 0 Å². The van der Waals surface area contributed by atoms with Gasteiger partial charge in [-0.3, -0.25) is 0 Å². The molecule has 2 aromatic rings. The first-order chi connectivity index (χ1) is 6.84. The lowest BCUT2D eigenvalue weighted by molar-refractivity contribution is 0.482. The normalized spacial score (nSPS) is 10.6. The summed E-state index contributed by atoms with van der Waals surface area (Å²) in [5, 5.41) is 5.77. The predicted molar refractivity (Wildman–Crippen MR) is 55.8 cm³/mol. The number of hydrogen-bond acceptors (Lipinski definition) is 5. The van der Waals surface area contributed by atoms with Gasteiger partial charge in [0.1, 0.15) is 5.76 Å². The summed E-state index contributed by atoms with van der Waals surface area (Å²) in [4.78, 5) is 4.13. The molecule has 0 aromatic carbocycles. The van der Waals surface area contributed by atoms with Crippen molar-refractivity contribution in [3.05, 3.63) is 35.2 Å². The number of furan rings is 1. The van der Waals surface area contributed by atoms with Crippen molar-refractivity contribution < 1.29 is 4.42 Å². The van der Waals surface area contributed by atoms with Crippen LogP contribution in [0.3, 0.4) is 0 Å².